The maximum atomic E-state index is 5.13. The second kappa shape index (κ2) is 7.22. The van der Waals surface area contributed by atoms with E-state index in [4.69, 9.17) is 9.72 Å². The summed E-state index contributed by atoms with van der Waals surface area (Å²) < 4.78 is 5.13. The van der Waals surface area contributed by atoms with Gasteiger partial charge in [0.1, 0.15) is 0 Å². The van der Waals surface area contributed by atoms with Gasteiger partial charge in [-0.2, -0.15) is 0 Å². The van der Waals surface area contributed by atoms with Crippen molar-refractivity contribution in [3.05, 3.63) is 10.6 Å². The normalized spacial score (nSPS) is 14.9. The van der Waals surface area contributed by atoms with E-state index in [0.717, 1.165) is 43.7 Å². The molecular weight excluding hydrogens is 258 g/mol. The highest BCUT2D eigenvalue weighted by molar-refractivity contribution is 7.15. The van der Waals surface area contributed by atoms with Crippen LogP contribution in [0.4, 0.5) is 5.13 Å². The molecule has 5 heteroatoms. The van der Waals surface area contributed by atoms with Crippen LogP contribution in [-0.2, 0) is 17.7 Å². The van der Waals surface area contributed by atoms with Gasteiger partial charge in [-0.15, -0.1) is 11.3 Å². The highest BCUT2D eigenvalue weighted by Gasteiger charge is 2.21. The molecule has 2 rings (SSSR count). The molecule has 0 radical (unpaired) electrons. The quantitative estimate of drug-likeness (QED) is 0.755. The van der Waals surface area contributed by atoms with Gasteiger partial charge in [-0.3, -0.25) is 0 Å². The van der Waals surface area contributed by atoms with Crippen molar-refractivity contribution in [2.24, 2.45) is 0 Å². The molecule has 1 aromatic rings. The Morgan fingerprint density at radius 2 is 2.26 bits per heavy atom. The van der Waals surface area contributed by atoms with Crippen LogP contribution < -0.4 is 10.2 Å². The molecule has 0 aliphatic heterocycles. The number of hydrogen-bond acceptors (Lipinski definition) is 5. The molecule has 1 N–H and O–H groups in total. The number of aryl methyl sites for hydroxylation is 1. The summed E-state index contributed by atoms with van der Waals surface area (Å²) in [5.74, 6) is 0. The van der Waals surface area contributed by atoms with Gasteiger partial charge in [0.05, 0.1) is 12.3 Å². The lowest BCUT2D eigenvalue weighted by Crippen LogP contribution is -2.21. The van der Waals surface area contributed by atoms with Crippen molar-refractivity contribution in [1.29, 1.82) is 0 Å². The van der Waals surface area contributed by atoms with E-state index in [0.29, 0.717) is 0 Å². The van der Waals surface area contributed by atoms with E-state index in [1.54, 1.807) is 7.11 Å². The summed E-state index contributed by atoms with van der Waals surface area (Å²) >= 11 is 1.82. The first-order valence-electron chi connectivity index (χ1n) is 7.16. The van der Waals surface area contributed by atoms with Gasteiger partial charge in [-0.05, 0) is 19.3 Å². The molecular formula is C14H25N3OS. The zero-order valence-electron chi connectivity index (χ0n) is 12.2. The number of hydrogen-bond donors (Lipinski definition) is 1. The summed E-state index contributed by atoms with van der Waals surface area (Å²) in [6.07, 6.45) is 4.91. The molecule has 0 aromatic carbocycles. The van der Waals surface area contributed by atoms with Crippen LogP contribution in [0.2, 0.25) is 0 Å². The number of nitrogens with zero attached hydrogens (tertiary/aromatic N) is 2. The van der Waals surface area contributed by atoms with Gasteiger partial charge in [0.25, 0.3) is 0 Å². The van der Waals surface area contributed by atoms with Crippen molar-refractivity contribution in [2.45, 2.75) is 45.2 Å². The maximum Gasteiger partial charge on any atom is 0.185 e. The summed E-state index contributed by atoms with van der Waals surface area (Å²) in [5.41, 5.74) is 1.28. The Hall–Kier alpha value is -0.650. The van der Waals surface area contributed by atoms with Crippen LogP contribution >= 0.6 is 11.3 Å². The summed E-state index contributed by atoms with van der Waals surface area (Å²) in [6.45, 7) is 4.83. The Bertz CT molecular complexity index is 390. The minimum absolute atomic E-state index is 0.745. The third-order valence-corrected chi connectivity index (χ3v) is 4.55. The predicted octanol–water partition coefficient (Wildman–Crippen LogP) is 2.43. The zero-order valence-corrected chi connectivity index (χ0v) is 13.1. The summed E-state index contributed by atoms with van der Waals surface area (Å²) in [6, 6.07) is 0.756. The third-order valence-electron chi connectivity index (χ3n) is 3.34. The lowest BCUT2D eigenvalue weighted by atomic mass is 10.2. The lowest BCUT2D eigenvalue weighted by Gasteiger charge is -2.14. The van der Waals surface area contributed by atoms with E-state index in [9.17, 15) is 0 Å². The maximum absolute atomic E-state index is 5.13. The summed E-state index contributed by atoms with van der Waals surface area (Å²) in [5, 5.41) is 4.71. The van der Waals surface area contributed by atoms with Crippen molar-refractivity contribution in [2.75, 3.05) is 32.2 Å². The molecule has 1 aliphatic rings. The van der Waals surface area contributed by atoms with Gasteiger partial charge < -0.3 is 15.0 Å². The molecule has 0 amide bonds. The average molecular weight is 283 g/mol. The summed E-state index contributed by atoms with van der Waals surface area (Å²) in [4.78, 5) is 8.40. The molecule has 4 nitrogen and oxygen atoms in total. The molecule has 108 valence electrons. The first-order valence-corrected chi connectivity index (χ1v) is 7.98. The number of aromatic nitrogens is 1. The first-order chi connectivity index (χ1) is 9.24. The minimum atomic E-state index is 0.745. The van der Waals surface area contributed by atoms with E-state index in [1.807, 2.05) is 11.3 Å². The molecule has 1 fully saturated rings. The van der Waals surface area contributed by atoms with Crippen LogP contribution in [0.1, 0.15) is 36.8 Å². The van der Waals surface area contributed by atoms with E-state index in [1.165, 1.54) is 23.4 Å². The molecule has 0 unspecified atom stereocenters. The van der Waals surface area contributed by atoms with Crippen molar-refractivity contribution in [1.82, 2.24) is 10.3 Å². The number of anilines is 1. The number of ether oxygens (including phenoxy) is 1. The third kappa shape index (κ3) is 4.44. The fourth-order valence-corrected chi connectivity index (χ4v) is 3.00. The van der Waals surface area contributed by atoms with Crippen molar-refractivity contribution in [3.8, 4) is 0 Å². The largest absolute Gasteiger partial charge is 0.383 e. The lowest BCUT2D eigenvalue weighted by molar-refractivity contribution is 0.206. The number of rotatable bonds is 9. The molecule has 0 atom stereocenters. The Kier molecular flexibility index (Phi) is 5.60. The molecule has 0 bridgehead atoms. The Labute approximate surface area is 120 Å². The highest BCUT2D eigenvalue weighted by Crippen LogP contribution is 2.28. The van der Waals surface area contributed by atoms with Gasteiger partial charge >= 0.3 is 0 Å². The second-order valence-corrected chi connectivity index (χ2v) is 6.25. The van der Waals surface area contributed by atoms with Crippen LogP contribution in [-0.4, -0.2) is 38.3 Å². The number of likely N-dealkylation sites (N-methyl/N-ethyl adjacent to an activating group) is 1. The van der Waals surface area contributed by atoms with Crippen LogP contribution in [0.25, 0.3) is 0 Å². The number of methoxy groups -OCH3 is 1. The predicted molar refractivity (Wildman–Crippen MR) is 81.1 cm³/mol. The second-order valence-electron chi connectivity index (χ2n) is 5.19. The average Bonchev–Trinajstić information content (AvgIpc) is 3.15. The van der Waals surface area contributed by atoms with Gasteiger partial charge in [0.2, 0.25) is 0 Å². The van der Waals surface area contributed by atoms with Crippen LogP contribution in [0.15, 0.2) is 0 Å². The molecule has 1 aromatic heterocycles. The topological polar surface area (TPSA) is 37.4 Å². The van der Waals surface area contributed by atoms with Crippen LogP contribution in [0.5, 0.6) is 0 Å². The molecule has 0 spiro atoms. The van der Waals surface area contributed by atoms with Crippen molar-refractivity contribution < 1.29 is 4.74 Å². The Balaban J connectivity index is 1.99. The van der Waals surface area contributed by atoms with Gasteiger partial charge in [0.15, 0.2) is 5.13 Å². The first kappa shape index (κ1) is 14.8. The van der Waals surface area contributed by atoms with Crippen molar-refractivity contribution in [3.63, 3.8) is 0 Å². The van der Waals surface area contributed by atoms with E-state index >= 15 is 0 Å². The smallest absolute Gasteiger partial charge is 0.185 e. The van der Waals surface area contributed by atoms with E-state index in [2.05, 4.69) is 24.2 Å². The van der Waals surface area contributed by atoms with Gasteiger partial charge in [0, 0.05) is 38.2 Å². The number of nitrogens with one attached hydrogen (secondary N) is 1. The van der Waals surface area contributed by atoms with Crippen LogP contribution in [0.3, 0.4) is 0 Å². The monoisotopic (exact) mass is 283 g/mol. The van der Waals surface area contributed by atoms with Crippen molar-refractivity contribution >= 4 is 16.5 Å². The van der Waals surface area contributed by atoms with E-state index < -0.39 is 0 Å². The standard InChI is InChI=1S/C14H25N3OS/c1-4-5-12-13(10-15-11-6-7-11)19-14(16-12)17(2)8-9-18-3/h11,15H,4-10H2,1-3H3. The Morgan fingerprint density at radius 3 is 2.89 bits per heavy atom. The number of thiazole rings is 1. The fourth-order valence-electron chi connectivity index (χ4n) is 1.95. The van der Waals surface area contributed by atoms with Gasteiger partial charge in [-0.1, -0.05) is 13.3 Å². The molecule has 1 saturated carbocycles. The molecule has 1 aliphatic carbocycles. The van der Waals surface area contributed by atoms with E-state index in [-0.39, 0.29) is 0 Å². The minimum Gasteiger partial charge on any atom is -0.383 e. The zero-order chi connectivity index (χ0) is 13.7. The molecule has 1 heterocycles. The SMILES string of the molecule is CCCc1nc(N(C)CCOC)sc1CNC1CC1. The van der Waals surface area contributed by atoms with Crippen LogP contribution in [0, 0.1) is 0 Å². The molecule has 19 heavy (non-hydrogen) atoms. The summed E-state index contributed by atoms with van der Waals surface area (Å²) in [7, 11) is 3.83. The molecule has 0 saturated heterocycles. The fraction of sp³-hybridized carbons (Fsp3) is 0.786. The Morgan fingerprint density at radius 1 is 1.47 bits per heavy atom. The highest BCUT2D eigenvalue weighted by atomic mass is 32.1. The van der Waals surface area contributed by atoms with Gasteiger partial charge in [-0.25, -0.2) is 4.98 Å².